The number of nitrogens with zero attached hydrogens (tertiary/aromatic N) is 1. The van der Waals surface area contributed by atoms with Gasteiger partial charge in [0.2, 0.25) is 0 Å². The highest BCUT2D eigenvalue weighted by atomic mass is 15.1. The lowest BCUT2D eigenvalue weighted by molar-refractivity contribution is 0.747. The Bertz CT molecular complexity index is 494. The molecule has 2 aromatic rings. The van der Waals surface area contributed by atoms with Gasteiger partial charge in [0.05, 0.1) is 11.4 Å². The molecule has 2 rings (SSSR count). The summed E-state index contributed by atoms with van der Waals surface area (Å²) in [5.41, 5.74) is 9.46. The molecule has 0 spiro atoms. The van der Waals surface area contributed by atoms with E-state index in [2.05, 4.69) is 48.2 Å². The molecule has 2 heteroatoms. The van der Waals surface area contributed by atoms with E-state index < -0.39 is 0 Å². The van der Waals surface area contributed by atoms with Gasteiger partial charge in [-0.1, -0.05) is 42.5 Å². The normalized spacial score (nSPS) is 10.4. The summed E-state index contributed by atoms with van der Waals surface area (Å²) in [6.45, 7) is 4.21. The highest BCUT2D eigenvalue weighted by molar-refractivity contribution is 5.67. The van der Waals surface area contributed by atoms with Crippen molar-refractivity contribution < 1.29 is 0 Å². The molecule has 0 bridgehead atoms. The Morgan fingerprint density at radius 2 is 1.63 bits per heavy atom. The van der Waals surface area contributed by atoms with Crippen LogP contribution in [-0.2, 0) is 6.42 Å². The van der Waals surface area contributed by atoms with E-state index >= 15 is 0 Å². The molecule has 0 aromatic heterocycles. The van der Waals surface area contributed by atoms with E-state index in [1.165, 1.54) is 5.56 Å². The Kier molecular flexibility index (Phi) is 4.85. The maximum absolute atomic E-state index is 6.04. The van der Waals surface area contributed by atoms with E-state index in [4.69, 9.17) is 5.73 Å². The lowest BCUT2D eigenvalue weighted by Gasteiger charge is -2.24. The molecule has 2 nitrogen and oxygen atoms in total. The van der Waals surface area contributed by atoms with Gasteiger partial charge in [-0.2, -0.15) is 0 Å². The first-order chi connectivity index (χ1) is 9.31. The summed E-state index contributed by atoms with van der Waals surface area (Å²) < 4.78 is 0. The van der Waals surface area contributed by atoms with E-state index in [1.807, 2.05) is 18.2 Å². The number of hydrogen-bond acceptors (Lipinski definition) is 2. The number of nitrogens with two attached hydrogens (primary N) is 1. The van der Waals surface area contributed by atoms with Gasteiger partial charge in [-0.05, 0) is 37.5 Å². The third-order valence-electron chi connectivity index (χ3n) is 3.40. The number of nitrogen functional groups attached to an aromatic ring is 1. The molecule has 0 aliphatic rings. The lowest BCUT2D eigenvalue weighted by atomic mass is 10.1. The van der Waals surface area contributed by atoms with Gasteiger partial charge in [0, 0.05) is 13.1 Å². The second kappa shape index (κ2) is 6.83. The smallest absolute Gasteiger partial charge is 0.0599 e. The van der Waals surface area contributed by atoms with Crippen molar-refractivity contribution in [2.24, 2.45) is 0 Å². The molecule has 100 valence electrons. The highest BCUT2D eigenvalue weighted by Crippen LogP contribution is 2.22. The van der Waals surface area contributed by atoms with E-state index in [9.17, 15) is 0 Å². The summed E-state index contributed by atoms with van der Waals surface area (Å²) in [5.74, 6) is 0. The second-order valence-electron chi connectivity index (χ2n) is 4.73. The van der Waals surface area contributed by atoms with E-state index in [1.54, 1.807) is 0 Å². The first kappa shape index (κ1) is 13.5. The molecule has 0 heterocycles. The van der Waals surface area contributed by atoms with Crippen LogP contribution >= 0.6 is 0 Å². The topological polar surface area (TPSA) is 29.3 Å². The van der Waals surface area contributed by atoms with Gasteiger partial charge >= 0.3 is 0 Å². The largest absolute Gasteiger partial charge is 0.397 e. The lowest BCUT2D eigenvalue weighted by Crippen LogP contribution is -2.25. The van der Waals surface area contributed by atoms with Gasteiger partial charge < -0.3 is 10.6 Å². The van der Waals surface area contributed by atoms with Crippen molar-refractivity contribution in [1.29, 1.82) is 0 Å². The van der Waals surface area contributed by atoms with Crippen LogP contribution in [-0.4, -0.2) is 13.1 Å². The van der Waals surface area contributed by atoms with Gasteiger partial charge in [0.1, 0.15) is 0 Å². The number of para-hydroxylation sites is 2. The van der Waals surface area contributed by atoms with Gasteiger partial charge in [0.15, 0.2) is 0 Å². The van der Waals surface area contributed by atoms with Crippen molar-refractivity contribution in [3.05, 3.63) is 60.2 Å². The van der Waals surface area contributed by atoms with Gasteiger partial charge in [0.25, 0.3) is 0 Å². The van der Waals surface area contributed by atoms with E-state index in [0.29, 0.717) is 0 Å². The van der Waals surface area contributed by atoms with Crippen LogP contribution in [0.15, 0.2) is 54.6 Å². The fourth-order valence-corrected chi connectivity index (χ4v) is 2.34. The molecule has 0 radical (unpaired) electrons. The van der Waals surface area contributed by atoms with Crippen LogP contribution in [0.25, 0.3) is 0 Å². The highest BCUT2D eigenvalue weighted by Gasteiger charge is 2.06. The summed E-state index contributed by atoms with van der Waals surface area (Å²) in [4.78, 5) is 2.35. The third-order valence-corrected chi connectivity index (χ3v) is 3.40. The summed E-state index contributed by atoms with van der Waals surface area (Å²) in [5, 5.41) is 0. The second-order valence-corrected chi connectivity index (χ2v) is 4.73. The molecule has 0 aliphatic heterocycles. The van der Waals surface area contributed by atoms with Crippen LogP contribution in [0.2, 0.25) is 0 Å². The third kappa shape index (κ3) is 3.75. The Morgan fingerprint density at radius 1 is 0.947 bits per heavy atom. The number of hydrogen-bond donors (Lipinski definition) is 1. The quantitative estimate of drug-likeness (QED) is 0.796. The Labute approximate surface area is 115 Å². The zero-order chi connectivity index (χ0) is 13.5. The average Bonchev–Trinajstić information content (AvgIpc) is 2.46. The molecule has 0 aliphatic carbocycles. The number of benzene rings is 2. The first-order valence-electron chi connectivity index (χ1n) is 6.94. The van der Waals surface area contributed by atoms with Gasteiger partial charge in [-0.25, -0.2) is 0 Å². The van der Waals surface area contributed by atoms with Crippen LogP contribution in [0.5, 0.6) is 0 Å². The van der Waals surface area contributed by atoms with E-state index in [0.717, 1.165) is 37.3 Å². The van der Waals surface area contributed by atoms with Crippen LogP contribution in [0, 0.1) is 0 Å². The molecule has 0 fully saturated rings. The molecule has 0 unspecified atom stereocenters. The molecular formula is C17H22N2. The Morgan fingerprint density at radius 3 is 2.32 bits per heavy atom. The molecule has 2 N–H and O–H groups in total. The van der Waals surface area contributed by atoms with Crippen molar-refractivity contribution >= 4 is 11.4 Å². The Hall–Kier alpha value is -1.96. The summed E-state index contributed by atoms with van der Waals surface area (Å²) in [6, 6.07) is 18.7. The van der Waals surface area contributed by atoms with Crippen molar-refractivity contribution in [2.45, 2.75) is 19.8 Å². The van der Waals surface area contributed by atoms with Crippen molar-refractivity contribution in [3.8, 4) is 0 Å². The zero-order valence-electron chi connectivity index (χ0n) is 11.5. The minimum absolute atomic E-state index is 0.865. The maximum Gasteiger partial charge on any atom is 0.0599 e. The van der Waals surface area contributed by atoms with E-state index in [-0.39, 0.29) is 0 Å². The minimum atomic E-state index is 0.865. The minimum Gasteiger partial charge on any atom is -0.397 e. The Balaban J connectivity index is 1.92. The molecule has 0 saturated heterocycles. The van der Waals surface area contributed by atoms with Crippen LogP contribution in [0.1, 0.15) is 18.9 Å². The standard InChI is InChI=1S/C17H22N2/c1-2-19(17-13-7-6-12-16(17)18)14-8-11-15-9-4-3-5-10-15/h3-7,9-10,12-13H,2,8,11,14,18H2,1H3. The number of anilines is 2. The average molecular weight is 254 g/mol. The zero-order valence-corrected chi connectivity index (χ0v) is 11.5. The van der Waals surface area contributed by atoms with Crippen molar-refractivity contribution in [1.82, 2.24) is 0 Å². The summed E-state index contributed by atoms with van der Waals surface area (Å²) in [7, 11) is 0. The van der Waals surface area contributed by atoms with Gasteiger partial charge in [-0.15, -0.1) is 0 Å². The fraction of sp³-hybridized carbons (Fsp3) is 0.294. The maximum atomic E-state index is 6.04. The SMILES string of the molecule is CCN(CCCc1ccccc1)c1ccccc1N. The summed E-state index contributed by atoms with van der Waals surface area (Å²) in [6.07, 6.45) is 2.26. The molecule has 0 saturated carbocycles. The van der Waals surface area contributed by atoms with Crippen LogP contribution < -0.4 is 10.6 Å². The number of aryl methyl sites for hydroxylation is 1. The molecule has 2 aromatic carbocycles. The van der Waals surface area contributed by atoms with Crippen LogP contribution in [0.4, 0.5) is 11.4 Å². The molecular weight excluding hydrogens is 232 g/mol. The number of rotatable bonds is 6. The fourth-order valence-electron chi connectivity index (χ4n) is 2.34. The molecule has 19 heavy (non-hydrogen) atoms. The van der Waals surface area contributed by atoms with Crippen molar-refractivity contribution in [2.75, 3.05) is 23.7 Å². The summed E-state index contributed by atoms with van der Waals surface area (Å²) >= 11 is 0. The molecule has 0 amide bonds. The van der Waals surface area contributed by atoms with Gasteiger partial charge in [-0.3, -0.25) is 0 Å². The predicted molar refractivity (Wildman–Crippen MR) is 83.5 cm³/mol. The molecule has 0 atom stereocenters. The monoisotopic (exact) mass is 254 g/mol. The first-order valence-corrected chi connectivity index (χ1v) is 6.94. The van der Waals surface area contributed by atoms with Crippen LogP contribution in [0.3, 0.4) is 0 Å². The van der Waals surface area contributed by atoms with Crippen molar-refractivity contribution in [3.63, 3.8) is 0 Å². The predicted octanol–water partition coefficient (Wildman–Crippen LogP) is 3.73.